The van der Waals surface area contributed by atoms with Crippen LogP contribution >= 0.6 is 15.9 Å². The molecule has 5 nitrogen and oxygen atoms in total. The summed E-state index contributed by atoms with van der Waals surface area (Å²) in [6.07, 6.45) is 1.67. The Balaban J connectivity index is 2.30. The van der Waals surface area contributed by atoms with Gasteiger partial charge >= 0.3 is 0 Å². The number of hydrogen-bond donors (Lipinski definition) is 2. The third kappa shape index (κ3) is 3.97. The molecule has 2 rings (SSSR count). The molecule has 2 N–H and O–H groups in total. The Morgan fingerprint density at radius 2 is 2.21 bits per heavy atom. The van der Waals surface area contributed by atoms with E-state index in [1.54, 1.807) is 6.20 Å². The van der Waals surface area contributed by atoms with E-state index in [4.69, 9.17) is 0 Å². The van der Waals surface area contributed by atoms with Crippen molar-refractivity contribution in [2.45, 2.75) is 26.4 Å². The van der Waals surface area contributed by atoms with E-state index in [0.717, 1.165) is 4.47 Å². The van der Waals surface area contributed by atoms with Crippen LogP contribution in [0.2, 0.25) is 0 Å². The summed E-state index contributed by atoms with van der Waals surface area (Å²) in [5, 5.41) is 3.23. The maximum atomic E-state index is 11.6. The lowest BCUT2D eigenvalue weighted by Crippen LogP contribution is -2.24. The van der Waals surface area contributed by atoms with Crippen molar-refractivity contribution < 1.29 is 0 Å². The summed E-state index contributed by atoms with van der Waals surface area (Å²) in [5.41, 5.74) is 1.18. The number of nitrogens with zero attached hydrogens (tertiary/aromatic N) is 2. The lowest BCUT2D eigenvalue weighted by Gasteiger charge is -2.08. The lowest BCUT2D eigenvalue weighted by atomic mass is 10.3. The second-order valence-electron chi connectivity index (χ2n) is 4.48. The smallest absolute Gasteiger partial charge is 0.251 e. The van der Waals surface area contributed by atoms with Crippen LogP contribution < -0.4 is 10.9 Å². The third-order valence-corrected chi connectivity index (χ3v) is 2.93. The molecule has 0 aromatic carbocycles. The van der Waals surface area contributed by atoms with E-state index in [1.165, 1.54) is 6.07 Å². The first-order valence-electron chi connectivity index (χ1n) is 6.00. The van der Waals surface area contributed by atoms with Gasteiger partial charge in [-0.25, -0.2) is 4.98 Å². The molecule has 2 aromatic rings. The second kappa shape index (κ2) is 6.08. The van der Waals surface area contributed by atoms with Crippen molar-refractivity contribution in [3.05, 3.63) is 44.9 Å². The summed E-state index contributed by atoms with van der Waals surface area (Å²) in [4.78, 5) is 23.0. The summed E-state index contributed by atoms with van der Waals surface area (Å²) < 4.78 is 0.885. The first-order chi connectivity index (χ1) is 9.04. The molecule has 0 unspecified atom stereocenters. The number of rotatable bonds is 4. The van der Waals surface area contributed by atoms with Gasteiger partial charge in [0.1, 0.15) is 5.69 Å². The topological polar surface area (TPSA) is 70.7 Å². The molecule has 0 saturated heterocycles. The average Bonchev–Trinajstić information content (AvgIpc) is 2.36. The molecule has 0 aliphatic carbocycles. The number of halogens is 1. The molecule has 2 heterocycles. The number of pyridine rings is 1. The van der Waals surface area contributed by atoms with Gasteiger partial charge in [-0.2, -0.15) is 0 Å². The molecule has 2 aromatic heterocycles. The van der Waals surface area contributed by atoms with Crippen LogP contribution in [-0.4, -0.2) is 21.0 Å². The number of aromatic nitrogens is 3. The van der Waals surface area contributed by atoms with Gasteiger partial charge in [-0.05, 0) is 28.1 Å². The number of H-pyrrole nitrogens is 1. The molecule has 0 spiro atoms. The van der Waals surface area contributed by atoms with Gasteiger partial charge in [0, 0.05) is 29.3 Å². The summed E-state index contributed by atoms with van der Waals surface area (Å²) in [6, 6.07) is 5.51. The van der Waals surface area contributed by atoms with Crippen LogP contribution in [0.3, 0.4) is 0 Å². The van der Waals surface area contributed by atoms with E-state index >= 15 is 0 Å². The van der Waals surface area contributed by atoms with E-state index in [0.29, 0.717) is 29.8 Å². The molecule has 0 amide bonds. The van der Waals surface area contributed by atoms with Crippen LogP contribution in [0.4, 0.5) is 0 Å². The van der Waals surface area contributed by atoms with Gasteiger partial charge in [0.2, 0.25) is 0 Å². The lowest BCUT2D eigenvalue weighted by molar-refractivity contribution is 0.580. The Morgan fingerprint density at radius 3 is 2.84 bits per heavy atom. The van der Waals surface area contributed by atoms with Crippen LogP contribution in [-0.2, 0) is 6.54 Å². The molecule has 0 bridgehead atoms. The van der Waals surface area contributed by atoms with Crippen molar-refractivity contribution in [1.82, 2.24) is 20.3 Å². The van der Waals surface area contributed by atoms with Crippen molar-refractivity contribution >= 4 is 15.9 Å². The minimum Gasteiger partial charge on any atom is -0.309 e. The number of aromatic amines is 1. The minimum atomic E-state index is -0.171. The zero-order valence-corrected chi connectivity index (χ0v) is 12.4. The highest BCUT2D eigenvalue weighted by Gasteiger charge is 2.05. The zero-order chi connectivity index (χ0) is 13.8. The summed E-state index contributed by atoms with van der Waals surface area (Å²) in [7, 11) is 0. The summed E-state index contributed by atoms with van der Waals surface area (Å²) >= 11 is 3.32. The van der Waals surface area contributed by atoms with Gasteiger partial charge in [-0.3, -0.25) is 9.78 Å². The Hall–Kier alpha value is -1.53. The van der Waals surface area contributed by atoms with Crippen LogP contribution in [0.15, 0.2) is 33.7 Å². The molecule has 6 heteroatoms. The zero-order valence-electron chi connectivity index (χ0n) is 10.8. The molecular weight excluding hydrogens is 308 g/mol. The van der Waals surface area contributed by atoms with E-state index in [9.17, 15) is 4.79 Å². The van der Waals surface area contributed by atoms with Crippen LogP contribution in [0.5, 0.6) is 0 Å². The second-order valence-corrected chi connectivity index (χ2v) is 5.40. The SMILES string of the molecule is CC(C)NCc1cc(=O)[nH]c(-c2ccc(Br)cn2)n1. The highest BCUT2D eigenvalue weighted by molar-refractivity contribution is 9.10. The van der Waals surface area contributed by atoms with Crippen molar-refractivity contribution in [3.63, 3.8) is 0 Å². The molecule has 0 aliphatic heterocycles. The normalized spacial score (nSPS) is 10.9. The van der Waals surface area contributed by atoms with Crippen LogP contribution in [0, 0.1) is 0 Å². The molecule has 19 heavy (non-hydrogen) atoms. The largest absolute Gasteiger partial charge is 0.309 e. The molecule has 0 radical (unpaired) electrons. The average molecular weight is 323 g/mol. The minimum absolute atomic E-state index is 0.171. The first kappa shape index (κ1) is 13.9. The summed E-state index contributed by atoms with van der Waals surface area (Å²) in [5.74, 6) is 0.487. The maximum Gasteiger partial charge on any atom is 0.251 e. The fourth-order valence-electron chi connectivity index (χ4n) is 1.54. The van der Waals surface area contributed by atoms with Gasteiger partial charge in [-0.15, -0.1) is 0 Å². The Kier molecular flexibility index (Phi) is 4.44. The molecule has 0 fully saturated rings. The van der Waals surface area contributed by atoms with Gasteiger partial charge in [0.15, 0.2) is 5.82 Å². The van der Waals surface area contributed by atoms with Gasteiger partial charge < -0.3 is 10.3 Å². The van der Waals surface area contributed by atoms with Crippen molar-refractivity contribution in [2.75, 3.05) is 0 Å². The quantitative estimate of drug-likeness (QED) is 0.904. The van der Waals surface area contributed by atoms with Crippen molar-refractivity contribution in [3.8, 4) is 11.5 Å². The van der Waals surface area contributed by atoms with Crippen molar-refractivity contribution in [1.29, 1.82) is 0 Å². The molecule has 0 atom stereocenters. The molecular formula is C13H15BrN4O. The number of nitrogens with one attached hydrogen (secondary N) is 2. The first-order valence-corrected chi connectivity index (χ1v) is 6.79. The van der Waals surface area contributed by atoms with Gasteiger partial charge in [-0.1, -0.05) is 13.8 Å². The molecule has 0 aliphatic rings. The van der Waals surface area contributed by atoms with E-state index in [2.05, 4.69) is 36.2 Å². The highest BCUT2D eigenvalue weighted by Crippen LogP contribution is 2.14. The fourth-order valence-corrected chi connectivity index (χ4v) is 1.78. The van der Waals surface area contributed by atoms with E-state index in [-0.39, 0.29) is 5.56 Å². The predicted molar refractivity (Wildman–Crippen MR) is 77.8 cm³/mol. The summed E-state index contributed by atoms with van der Waals surface area (Å²) in [6.45, 7) is 4.65. The van der Waals surface area contributed by atoms with Crippen LogP contribution in [0.25, 0.3) is 11.5 Å². The Morgan fingerprint density at radius 1 is 1.42 bits per heavy atom. The van der Waals surface area contributed by atoms with E-state index in [1.807, 2.05) is 26.0 Å². The maximum absolute atomic E-state index is 11.6. The van der Waals surface area contributed by atoms with E-state index < -0.39 is 0 Å². The Labute approximate surface area is 119 Å². The van der Waals surface area contributed by atoms with Crippen molar-refractivity contribution in [2.24, 2.45) is 0 Å². The van der Waals surface area contributed by atoms with Gasteiger partial charge in [0.25, 0.3) is 5.56 Å². The molecule has 0 saturated carbocycles. The Bertz CT molecular complexity index is 607. The van der Waals surface area contributed by atoms with Gasteiger partial charge in [0.05, 0.1) is 5.69 Å². The monoisotopic (exact) mass is 322 g/mol. The highest BCUT2D eigenvalue weighted by atomic mass is 79.9. The fraction of sp³-hybridized carbons (Fsp3) is 0.308. The van der Waals surface area contributed by atoms with Crippen LogP contribution in [0.1, 0.15) is 19.5 Å². The standard InChI is InChI=1S/C13H15BrN4O/c1-8(2)15-7-10-5-12(19)18-13(17-10)11-4-3-9(14)6-16-11/h3-6,8,15H,7H2,1-2H3,(H,17,18,19). The number of hydrogen-bond acceptors (Lipinski definition) is 4. The molecule has 100 valence electrons. The third-order valence-electron chi connectivity index (χ3n) is 2.46. The predicted octanol–water partition coefficient (Wildman–Crippen LogP) is 2.09.